The summed E-state index contributed by atoms with van der Waals surface area (Å²) in [5.41, 5.74) is 1.57. The Morgan fingerprint density at radius 2 is 2.28 bits per heavy atom. The third kappa shape index (κ3) is 3.34. The number of carbonyl (C=O) groups excluding carboxylic acids is 1. The Morgan fingerprint density at radius 3 is 3.00 bits per heavy atom. The molecule has 0 aliphatic carbocycles. The van der Waals surface area contributed by atoms with Gasteiger partial charge in [-0.2, -0.15) is 5.10 Å². The second kappa shape index (κ2) is 6.21. The van der Waals surface area contributed by atoms with Crippen LogP contribution in [0.25, 0.3) is 0 Å². The van der Waals surface area contributed by atoms with Gasteiger partial charge >= 0.3 is 0 Å². The van der Waals surface area contributed by atoms with Gasteiger partial charge in [-0.15, -0.1) is 11.6 Å². The highest BCUT2D eigenvalue weighted by molar-refractivity contribution is 6.17. The number of rotatable bonds is 5. The number of halogens is 1. The van der Waals surface area contributed by atoms with Gasteiger partial charge in [0, 0.05) is 30.4 Å². The quantitative estimate of drug-likeness (QED) is 0.840. The van der Waals surface area contributed by atoms with Crippen molar-refractivity contribution in [2.45, 2.75) is 12.4 Å². The van der Waals surface area contributed by atoms with Crippen molar-refractivity contribution in [1.82, 2.24) is 15.1 Å². The Morgan fingerprint density at radius 1 is 1.39 bits per heavy atom. The molecular formula is C13H14ClN3O. The standard InChI is InChI=1S/C13H14ClN3O/c14-10-11-3-1-4-12(9-11)13(18)15-6-8-17-7-2-5-16-17/h1-5,7,9H,6,8,10H2,(H,15,18). The van der Waals surface area contributed by atoms with Gasteiger partial charge < -0.3 is 5.32 Å². The maximum Gasteiger partial charge on any atom is 0.251 e. The molecule has 5 heteroatoms. The maximum atomic E-state index is 11.9. The van der Waals surface area contributed by atoms with Gasteiger partial charge in [0.2, 0.25) is 0 Å². The van der Waals surface area contributed by atoms with E-state index < -0.39 is 0 Å². The predicted molar refractivity (Wildman–Crippen MR) is 70.6 cm³/mol. The smallest absolute Gasteiger partial charge is 0.251 e. The lowest BCUT2D eigenvalue weighted by Crippen LogP contribution is -2.27. The van der Waals surface area contributed by atoms with Gasteiger partial charge in [0.05, 0.1) is 6.54 Å². The number of nitrogens with one attached hydrogen (secondary N) is 1. The summed E-state index contributed by atoms with van der Waals surface area (Å²) in [5, 5.41) is 6.91. The molecule has 94 valence electrons. The van der Waals surface area contributed by atoms with Gasteiger partial charge in [0.1, 0.15) is 0 Å². The zero-order chi connectivity index (χ0) is 12.8. The Labute approximate surface area is 111 Å². The van der Waals surface area contributed by atoms with Crippen LogP contribution in [-0.4, -0.2) is 22.2 Å². The molecule has 0 unspecified atom stereocenters. The number of hydrogen-bond donors (Lipinski definition) is 1. The normalized spacial score (nSPS) is 10.3. The predicted octanol–water partition coefficient (Wildman–Crippen LogP) is 2.05. The van der Waals surface area contributed by atoms with Gasteiger partial charge in [-0.05, 0) is 23.8 Å². The molecule has 2 aromatic rings. The highest BCUT2D eigenvalue weighted by Gasteiger charge is 2.05. The van der Waals surface area contributed by atoms with Crippen molar-refractivity contribution in [2.24, 2.45) is 0 Å². The summed E-state index contributed by atoms with van der Waals surface area (Å²) in [5.74, 6) is 0.322. The summed E-state index contributed by atoms with van der Waals surface area (Å²) in [6.07, 6.45) is 3.58. The lowest BCUT2D eigenvalue weighted by Gasteiger charge is -2.06. The third-order valence-electron chi connectivity index (χ3n) is 2.53. The van der Waals surface area contributed by atoms with Crippen LogP contribution in [0.3, 0.4) is 0 Å². The molecule has 0 radical (unpaired) electrons. The second-order valence-corrected chi connectivity index (χ2v) is 4.13. The monoisotopic (exact) mass is 263 g/mol. The van der Waals surface area contributed by atoms with E-state index >= 15 is 0 Å². The van der Waals surface area contributed by atoms with Crippen molar-refractivity contribution in [1.29, 1.82) is 0 Å². The zero-order valence-corrected chi connectivity index (χ0v) is 10.6. The van der Waals surface area contributed by atoms with Gasteiger partial charge in [-0.3, -0.25) is 9.48 Å². The van der Waals surface area contributed by atoms with Gasteiger partial charge in [-0.25, -0.2) is 0 Å². The Hall–Kier alpha value is -1.81. The molecule has 0 aliphatic rings. The molecule has 1 heterocycles. The first kappa shape index (κ1) is 12.6. The van der Waals surface area contributed by atoms with Crippen LogP contribution in [-0.2, 0) is 12.4 Å². The number of nitrogens with zero attached hydrogens (tertiary/aromatic N) is 2. The summed E-state index contributed by atoms with van der Waals surface area (Å²) < 4.78 is 1.77. The number of carbonyl (C=O) groups is 1. The summed E-state index contributed by atoms with van der Waals surface area (Å²) in [6, 6.07) is 9.16. The van der Waals surface area contributed by atoms with Crippen LogP contribution in [0.2, 0.25) is 0 Å². The fraction of sp³-hybridized carbons (Fsp3) is 0.231. The van der Waals surface area contributed by atoms with Crippen molar-refractivity contribution < 1.29 is 4.79 Å². The lowest BCUT2D eigenvalue weighted by molar-refractivity contribution is 0.0952. The van der Waals surface area contributed by atoms with Crippen LogP contribution < -0.4 is 5.32 Å². The topological polar surface area (TPSA) is 46.9 Å². The number of amides is 1. The third-order valence-corrected chi connectivity index (χ3v) is 2.84. The fourth-order valence-corrected chi connectivity index (χ4v) is 1.78. The first-order valence-corrected chi connectivity index (χ1v) is 6.23. The molecule has 2 rings (SSSR count). The average molecular weight is 264 g/mol. The van der Waals surface area contributed by atoms with Crippen LogP contribution in [0.1, 0.15) is 15.9 Å². The minimum Gasteiger partial charge on any atom is -0.350 e. The molecule has 0 saturated carbocycles. The SMILES string of the molecule is O=C(NCCn1cccn1)c1cccc(CCl)c1. The molecule has 0 fully saturated rings. The maximum absolute atomic E-state index is 11.9. The van der Waals surface area contributed by atoms with Gasteiger partial charge in [0.25, 0.3) is 5.91 Å². The first-order chi connectivity index (χ1) is 8.79. The number of alkyl halides is 1. The van der Waals surface area contributed by atoms with Gasteiger partial charge in [0.15, 0.2) is 0 Å². The number of benzene rings is 1. The van der Waals surface area contributed by atoms with Crippen LogP contribution in [0, 0.1) is 0 Å². The van der Waals surface area contributed by atoms with E-state index in [1.54, 1.807) is 23.0 Å². The Balaban J connectivity index is 1.87. The summed E-state index contributed by atoms with van der Waals surface area (Å²) in [7, 11) is 0. The van der Waals surface area contributed by atoms with E-state index in [1.807, 2.05) is 24.4 Å². The zero-order valence-electron chi connectivity index (χ0n) is 9.84. The highest BCUT2D eigenvalue weighted by Crippen LogP contribution is 2.07. The molecule has 0 atom stereocenters. The van der Waals surface area contributed by atoms with Crippen molar-refractivity contribution in [3.8, 4) is 0 Å². The number of aromatic nitrogens is 2. The van der Waals surface area contributed by atoms with Crippen LogP contribution in [0.15, 0.2) is 42.7 Å². The van der Waals surface area contributed by atoms with Crippen LogP contribution in [0.4, 0.5) is 0 Å². The molecule has 4 nitrogen and oxygen atoms in total. The molecule has 18 heavy (non-hydrogen) atoms. The highest BCUT2D eigenvalue weighted by atomic mass is 35.5. The molecule has 1 N–H and O–H groups in total. The van der Waals surface area contributed by atoms with Crippen molar-refractivity contribution >= 4 is 17.5 Å². The van der Waals surface area contributed by atoms with Gasteiger partial charge in [-0.1, -0.05) is 12.1 Å². The Kier molecular flexibility index (Phi) is 4.36. The van der Waals surface area contributed by atoms with E-state index in [2.05, 4.69) is 10.4 Å². The molecule has 0 bridgehead atoms. The van der Waals surface area contributed by atoms with E-state index in [-0.39, 0.29) is 5.91 Å². The van der Waals surface area contributed by atoms with Crippen molar-refractivity contribution in [3.05, 3.63) is 53.9 Å². The van der Waals surface area contributed by atoms with Crippen molar-refractivity contribution in [3.63, 3.8) is 0 Å². The molecule has 1 aromatic heterocycles. The van der Waals surface area contributed by atoms with E-state index in [0.717, 1.165) is 5.56 Å². The van der Waals surface area contributed by atoms with E-state index in [9.17, 15) is 4.79 Å². The van der Waals surface area contributed by atoms with Crippen molar-refractivity contribution in [2.75, 3.05) is 6.54 Å². The van der Waals surface area contributed by atoms with E-state index in [0.29, 0.717) is 24.5 Å². The summed E-state index contributed by atoms with van der Waals surface area (Å²) in [6.45, 7) is 1.21. The van der Waals surface area contributed by atoms with E-state index in [1.165, 1.54) is 0 Å². The van der Waals surface area contributed by atoms with Crippen LogP contribution >= 0.6 is 11.6 Å². The molecule has 0 saturated heterocycles. The first-order valence-electron chi connectivity index (χ1n) is 5.70. The lowest BCUT2D eigenvalue weighted by atomic mass is 10.1. The van der Waals surface area contributed by atoms with E-state index in [4.69, 9.17) is 11.6 Å². The molecule has 0 aliphatic heterocycles. The fourth-order valence-electron chi connectivity index (χ4n) is 1.61. The summed E-state index contributed by atoms with van der Waals surface area (Å²) in [4.78, 5) is 11.9. The second-order valence-electron chi connectivity index (χ2n) is 3.86. The molecular weight excluding hydrogens is 250 g/mol. The number of hydrogen-bond acceptors (Lipinski definition) is 2. The Bertz CT molecular complexity index is 511. The minimum atomic E-state index is -0.0888. The molecule has 1 aromatic carbocycles. The van der Waals surface area contributed by atoms with Crippen LogP contribution in [0.5, 0.6) is 0 Å². The average Bonchev–Trinajstić information content (AvgIpc) is 2.92. The molecule has 1 amide bonds. The molecule has 0 spiro atoms. The minimum absolute atomic E-state index is 0.0888. The summed E-state index contributed by atoms with van der Waals surface area (Å²) >= 11 is 5.73. The largest absolute Gasteiger partial charge is 0.350 e.